The van der Waals surface area contributed by atoms with Gasteiger partial charge in [0.05, 0.1) is 18.4 Å². The normalized spacial score (nSPS) is 15.7. The number of nitrogens with one attached hydrogen (secondary N) is 1. The van der Waals surface area contributed by atoms with Gasteiger partial charge in [0.1, 0.15) is 6.04 Å². The van der Waals surface area contributed by atoms with Gasteiger partial charge in [0, 0.05) is 49.3 Å². The molecule has 15 nitrogen and oxygen atoms in total. The molecule has 224 valence electrons. The van der Waals surface area contributed by atoms with Crippen LogP contribution in [0.15, 0.2) is 30.5 Å². The van der Waals surface area contributed by atoms with Crippen molar-refractivity contribution in [3.8, 4) is 0 Å². The van der Waals surface area contributed by atoms with Gasteiger partial charge in [-0.25, -0.2) is 9.97 Å². The van der Waals surface area contributed by atoms with Crippen molar-refractivity contribution in [1.29, 1.82) is 0 Å². The lowest BCUT2D eigenvalue weighted by atomic mass is 10.1. The summed E-state index contributed by atoms with van der Waals surface area (Å²) < 4.78 is 0. The number of aromatic nitrogens is 4. The Morgan fingerprint density at radius 2 is 1.67 bits per heavy atom. The van der Waals surface area contributed by atoms with E-state index in [1.54, 1.807) is 30.5 Å². The number of hydrogen-bond donors (Lipinski definition) is 3. The molecule has 2 aliphatic heterocycles. The van der Waals surface area contributed by atoms with Crippen LogP contribution in [0.3, 0.4) is 0 Å². The van der Waals surface area contributed by atoms with Crippen LogP contribution in [-0.2, 0) is 16.1 Å². The molecule has 0 saturated carbocycles. The number of amides is 5. The minimum Gasteiger partial charge on any atom is -0.382 e. The Labute approximate surface area is 254 Å². The van der Waals surface area contributed by atoms with Gasteiger partial charge in [-0.2, -0.15) is 9.97 Å². The summed E-state index contributed by atoms with van der Waals surface area (Å²) >= 11 is 2.08. The maximum absolute atomic E-state index is 13.2. The molecule has 2 aliphatic rings. The van der Waals surface area contributed by atoms with Crippen molar-refractivity contribution in [2.75, 3.05) is 48.0 Å². The average Bonchev–Trinajstić information content (AvgIpc) is 3.62. The Bertz CT molecular complexity index is 1610. The lowest BCUT2D eigenvalue weighted by Gasteiger charge is -2.23. The zero-order valence-electron chi connectivity index (χ0n) is 23.1. The number of carbonyl (C=O) groups is 5. The standard InChI is InChI=1S/C26H28N10O5S2/c1-34(13-15-12-29-21-19(30-15)20(27)32-24(28)33-21)16-4-2-14(3-5-16)22(38)31-17(23(39)36-9-11-43-26(36)41)6-7-18(37)35-8-10-42-25(35)40/h2-5,12,17H,6-11,13H2,1H3,(H,31,38)(H4,27,28,29,32,33)/t17-/m0/s1. The van der Waals surface area contributed by atoms with Gasteiger partial charge < -0.3 is 21.7 Å². The molecule has 1 aromatic carbocycles. The van der Waals surface area contributed by atoms with Crippen LogP contribution >= 0.6 is 23.5 Å². The van der Waals surface area contributed by atoms with Crippen molar-refractivity contribution in [2.24, 2.45) is 0 Å². The van der Waals surface area contributed by atoms with E-state index >= 15 is 0 Å². The fraction of sp³-hybridized carbons (Fsp3) is 0.346. The molecule has 1 atom stereocenters. The van der Waals surface area contributed by atoms with Crippen LogP contribution in [0, 0.1) is 0 Å². The zero-order chi connectivity index (χ0) is 30.7. The minimum atomic E-state index is -1.12. The summed E-state index contributed by atoms with van der Waals surface area (Å²) in [7, 11) is 1.84. The number of carbonyl (C=O) groups excluding carboxylic acids is 5. The smallest absolute Gasteiger partial charge is 0.288 e. The van der Waals surface area contributed by atoms with E-state index in [2.05, 4.69) is 25.3 Å². The van der Waals surface area contributed by atoms with Crippen LogP contribution in [0.4, 0.5) is 27.0 Å². The van der Waals surface area contributed by atoms with E-state index in [1.165, 1.54) is 0 Å². The molecule has 2 aromatic heterocycles. The molecule has 0 aliphatic carbocycles. The molecule has 0 radical (unpaired) electrons. The number of hydrogen-bond acceptors (Lipinski definition) is 14. The van der Waals surface area contributed by atoms with E-state index in [4.69, 9.17) is 11.5 Å². The van der Waals surface area contributed by atoms with Crippen LogP contribution in [0.5, 0.6) is 0 Å². The summed E-state index contributed by atoms with van der Waals surface area (Å²) in [6.07, 6.45) is 1.38. The average molecular weight is 625 g/mol. The highest BCUT2D eigenvalue weighted by atomic mass is 32.2. The molecular weight excluding hydrogens is 596 g/mol. The number of nitrogens with two attached hydrogens (primary N) is 2. The van der Waals surface area contributed by atoms with Crippen molar-refractivity contribution in [1.82, 2.24) is 35.1 Å². The quantitative estimate of drug-likeness (QED) is 0.308. The molecule has 0 spiro atoms. The second kappa shape index (κ2) is 12.8. The Morgan fingerprint density at radius 1 is 1.00 bits per heavy atom. The summed E-state index contributed by atoms with van der Waals surface area (Å²) in [4.78, 5) is 83.9. The fourth-order valence-electron chi connectivity index (χ4n) is 4.56. The molecular formula is C26H28N10O5S2. The Kier molecular flexibility index (Phi) is 8.91. The van der Waals surface area contributed by atoms with Gasteiger partial charge in [-0.05, 0) is 30.7 Å². The first-order chi connectivity index (χ1) is 20.6. The third-order valence-electron chi connectivity index (χ3n) is 6.81. The maximum Gasteiger partial charge on any atom is 0.288 e. The largest absolute Gasteiger partial charge is 0.382 e. The van der Waals surface area contributed by atoms with Crippen molar-refractivity contribution in [2.45, 2.75) is 25.4 Å². The molecule has 5 amide bonds. The summed E-state index contributed by atoms with van der Waals surface area (Å²) in [5.74, 6) is -0.428. The SMILES string of the molecule is CN(Cc1cnc2nc(N)nc(N)c2n1)c1ccc(C(=O)N[C@@H](CCC(=O)N2CCSC2=O)C(=O)N2CCSC2=O)cc1. The fourth-order valence-corrected chi connectivity index (χ4v) is 6.15. The third-order valence-corrected chi connectivity index (χ3v) is 8.52. The molecule has 5 rings (SSSR count). The Balaban J connectivity index is 1.25. The summed E-state index contributed by atoms with van der Waals surface area (Å²) in [5.41, 5.74) is 13.8. The second-order valence-electron chi connectivity index (χ2n) is 9.73. The van der Waals surface area contributed by atoms with Crippen LogP contribution < -0.4 is 21.7 Å². The number of fused-ring (bicyclic) bond motifs is 1. The molecule has 3 aromatic rings. The lowest BCUT2D eigenvalue weighted by molar-refractivity contribution is -0.130. The molecule has 2 saturated heterocycles. The lowest BCUT2D eigenvalue weighted by Crippen LogP contribution is -2.49. The number of rotatable bonds is 9. The molecule has 4 heterocycles. The van der Waals surface area contributed by atoms with Crippen molar-refractivity contribution in [3.05, 3.63) is 41.7 Å². The molecule has 17 heteroatoms. The van der Waals surface area contributed by atoms with Gasteiger partial charge in [-0.15, -0.1) is 0 Å². The number of anilines is 3. The number of thioether (sulfide) groups is 2. The van der Waals surface area contributed by atoms with Gasteiger partial charge >= 0.3 is 0 Å². The number of nitrogen functional groups attached to an aromatic ring is 2. The third kappa shape index (κ3) is 6.77. The van der Waals surface area contributed by atoms with E-state index in [0.29, 0.717) is 41.5 Å². The monoisotopic (exact) mass is 624 g/mol. The molecule has 2 fully saturated rings. The summed E-state index contributed by atoms with van der Waals surface area (Å²) in [6.45, 7) is 0.892. The van der Waals surface area contributed by atoms with Crippen LogP contribution in [0.25, 0.3) is 11.2 Å². The van der Waals surface area contributed by atoms with Gasteiger partial charge in [0.25, 0.3) is 22.3 Å². The maximum atomic E-state index is 13.2. The van der Waals surface area contributed by atoms with Gasteiger partial charge in [-0.3, -0.25) is 33.8 Å². The van der Waals surface area contributed by atoms with Crippen molar-refractivity contribution >= 4 is 80.3 Å². The number of imide groups is 2. The predicted molar refractivity (Wildman–Crippen MR) is 162 cm³/mol. The van der Waals surface area contributed by atoms with Gasteiger partial charge in [0.2, 0.25) is 11.9 Å². The van der Waals surface area contributed by atoms with Gasteiger partial charge in [0.15, 0.2) is 17.0 Å². The van der Waals surface area contributed by atoms with Gasteiger partial charge in [-0.1, -0.05) is 23.5 Å². The number of nitrogens with zero attached hydrogens (tertiary/aromatic N) is 7. The Hall–Kier alpha value is -4.51. The summed E-state index contributed by atoms with van der Waals surface area (Å²) in [6, 6.07) is 5.56. The molecule has 0 unspecified atom stereocenters. The van der Waals surface area contributed by atoms with E-state index in [1.807, 2.05) is 11.9 Å². The van der Waals surface area contributed by atoms with Crippen molar-refractivity contribution in [3.63, 3.8) is 0 Å². The predicted octanol–water partition coefficient (Wildman–Crippen LogP) is 1.49. The first-order valence-corrected chi connectivity index (χ1v) is 15.2. The minimum absolute atomic E-state index is 0.0127. The molecule has 43 heavy (non-hydrogen) atoms. The van der Waals surface area contributed by atoms with E-state index in [9.17, 15) is 24.0 Å². The molecule has 5 N–H and O–H groups in total. The van der Waals surface area contributed by atoms with Crippen LogP contribution in [0.2, 0.25) is 0 Å². The Morgan fingerprint density at radius 3 is 2.33 bits per heavy atom. The molecule has 0 bridgehead atoms. The first-order valence-electron chi connectivity index (χ1n) is 13.2. The first kappa shape index (κ1) is 30.0. The second-order valence-corrected chi connectivity index (χ2v) is 11.8. The van der Waals surface area contributed by atoms with Crippen molar-refractivity contribution < 1.29 is 24.0 Å². The topological polar surface area (TPSA) is 211 Å². The highest BCUT2D eigenvalue weighted by Crippen LogP contribution is 2.23. The summed E-state index contributed by atoms with van der Waals surface area (Å²) in [5, 5.41) is 1.96. The zero-order valence-corrected chi connectivity index (χ0v) is 24.7. The number of benzene rings is 1. The van der Waals surface area contributed by atoms with E-state index in [0.717, 1.165) is 39.0 Å². The highest BCUT2D eigenvalue weighted by molar-refractivity contribution is 8.14. The van der Waals surface area contributed by atoms with Crippen LogP contribution in [0.1, 0.15) is 28.9 Å². The highest BCUT2D eigenvalue weighted by Gasteiger charge is 2.35. The van der Waals surface area contributed by atoms with E-state index in [-0.39, 0.29) is 42.0 Å². The van der Waals surface area contributed by atoms with E-state index < -0.39 is 29.0 Å². The van der Waals surface area contributed by atoms with Crippen LogP contribution in [-0.4, -0.2) is 95.6 Å².